The number of thioether (sulfide) groups is 1. The standard InChI is InChI=1S/C20H25FN4O4S2/c1-4-10-25-18(12-29-17-8-6-5-7-16(17)21)22-23-20(25)30-14(2)19(26)24(3)15-9-11-31(27,28)13-15/h4-8,14-15H,1,9-13H2,2-3H3/t14-,15-/m1/s1. The van der Waals surface area contributed by atoms with Crippen molar-refractivity contribution in [3.05, 3.63) is 48.6 Å². The third-order valence-corrected chi connectivity index (χ3v) is 7.85. The van der Waals surface area contributed by atoms with E-state index in [-0.39, 0.29) is 35.8 Å². The number of benzene rings is 1. The zero-order chi connectivity index (χ0) is 22.6. The maximum atomic E-state index is 13.8. The van der Waals surface area contributed by atoms with Crippen LogP contribution in [0.1, 0.15) is 19.2 Å². The molecule has 1 aromatic heterocycles. The van der Waals surface area contributed by atoms with E-state index in [1.54, 1.807) is 36.7 Å². The van der Waals surface area contributed by atoms with E-state index in [2.05, 4.69) is 16.8 Å². The van der Waals surface area contributed by atoms with Gasteiger partial charge in [0.1, 0.15) is 6.61 Å². The summed E-state index contributed by atoms with van der Waals surface area (Å²) in [5, 5.41) is 8.29. The average molecular weight is 469 g/mol. The minimum atomic E-state index is -3.08. The Morgan fingerprint density at radius 2 is 2.19 bits per heavy atom. The zero-order valence-electron chi connectivity index (χ0n) is 17.4. The molecule has 0 aliphatic carbocycles. The fraction of sp³-hybridized carbons (Fsp3) is 0.450. The largest absolute Gasteiger partial charge is 0.483 e. The van der Waals surface area contributed by atoms with Crippen molar-refractivity contribution in [1.82, 2.24) is 19.7 Å². The molecule has 0 unspecified atom stereocenters. The van der Waals surface area contributed by atoms with Gasteiger partial charge < -0.3 is 9.64 Å². The van der Waals surface area contributed by atoms with Crippen molar-refractivity contribution in [2.24, 2.45) is 0 Å². The summed E-state index contributed by atoms with van der Waals surface area (Å²) in [5.74, 6) is 0.0432. The molecule has 1 amide bonds. The number of nitrogens with zero attached hydrogens (tertiary/aromatic N) is 4. The first-order valence-corrected chi connectivity index (χ1v) is 12.5. The molecule has 2 heterocycles. The third kappa shape index (κ3) is 5.65. The highest BCUT2D eigenvalue weighted by Gasteiger charge is 2.34. The maximum Gasteiger partial charge on any atom is 0.235 e. The van der Waals surface area contributed by atoms with E-state index in [1.807, 2.05) is 0 Å². The first-order valence-electron chi connectivity index (χ1n) is 9.76. The van der Waals surface area contributed by atoms with Crippen molar-refractivity contribution in [2.45, 2.75) is 42.9 Å². The summed E-state index contributed by atoms with van der Waals surface area (Å²) < 4.78 is 44.5. The Balaban J connectivity index is 1.68. The van der Waals surface area contributed by atoms with Crippen LogP contribution in [-0.2, 0) is 27.8 Å². The van der Waals surface area contributed by atoms with Crippen molar-refractivity contribution in [3.63, 3.8) is 0 Å². The fourth-order valence-corrected chi connectivity index (χ4v) is 6.04. The van der Waals surface area contributed by atoms with Crippen LogP contribution in [0.25, 0.3) is 0 Å². The highest BCUT2D eigenvalue weighted by molar-refractivity contribution is 8.00. The van der Waals surface area contributed by atoms with Crippen LogP contribution in [0.5, 0.6) is 5.75 Å². The second-order valence-electron chi connectivity index (χ2n) is 7.28. The van der Waals surface area contributed by atoms with Gasteiger partial charge >= 0.3 is 0 Å². The van der Waals surface area contributed by atoms with Gasteiger partial charge in [-0.3, -0.25) is 9.36 Å². The molecule has 0 radical (unpaired) electrons. The van der Waals surface area contributed by atoms with Crippen LogP contribution in [0.15, 0.2) is 42.1 Å². The minimum absolute atomic E-state index is 0.00317. The van der Waals surface area contributed by atoms with Crippen LogP contribution in [0, 0.1) is 5.82 Å². The van der Waals surface area contributed by atoms with Crippen molar-refractivity contribution < 1.29 is 22.3 Å². The Morgan fingerprint density at radius 3 is 2.84 bits per heavy atom. The number of carbonyl (C=O) groups excluding carboxylic acids is 1. The summed E-state index contributed by atoms with van der Waals surface area (Å²) in [4.78, 5) is 14.3. The Bertz CT molecular complexity index is 1060. The second kappa shape index (κ2) is 9.82. The number of para-hydroxylation sites is 1. The lowest BCUT2D eigenvalue weighted by atomic mass is 10.2. The molecule has 1 fully saturated rings. The summed E-state index contributed by atoms with van der Waals surface area (Å²) in [6.07, 6.45) is 2.12. The topological polar surface area (TPSA) is 94.4 Å². The molecule has 1 aliphatic rings. The summed E-state index contributed by atoms with van der Waals surface area (Å²) in [6.45, 7) is 5.88. The molecule has 31 heavy (non-hydrogen) atoms. The third-order valence-electron chi connectivity index (χ3n) is 5.03. The molecular formula is C20H25FN4O4S2. The van der Waals surface area contributed by atoms with Gasteiger partial charge in [-0.25, -0.2) is 12.8 Å². The SMILES string of the molecule is C=CCn1c(COc2ccccc2F)nnc1S[C@H](C)C(=O)N(C)[C@@H]1CCS(=O)(=O)C1. The van der Waals surface area contributed by atoms with Crippen molar-refractivity contribution in [2.75, 3.05) is 18.6 Å². The Hall–Kier alpha value is -2.40. The van der Waals surface area contributed by atoms with Gasteiger partial charge in [-0.1, -0.05) is 30.0 Å². The monoisotopic (exact) mass is 468 g/mol. The summed E-state index contributed by atoms with van der Waals surface area (Å²) >= 11 is 1.22. The highest BCUT2D eigenvalue weighted by atomic mass is 32.2. The molecule has 8 nitrogen and oxygen atoms in total. The predicted octanol–water partition coefficient (Wildman–Crippen LogP) is 2.31. The normalized spacial score (nSPS) is 18.5. The number of hydrogen-bond acceptors (Lipinski definition) is 7. The van der Waals surface area contributed by atoms with Crippen molar-refractivity contribution in [3.8, 4) is 5.75 Å². The number of ether oxygens (including phenoxy) is 1. The highest BCUT2D eigenvalue weighted by Crippen LogP contribution is 2.26. The molecule has 2 aromatic rings. The van der Waals surface area contributed by atoms with Crippen LogP contribution >= 0.6 is 11.8 Å². The Labute approximate surface area is 185 Å². The number of rotatable bonds is 9. The molecule has 0 spiro atoms. The Morgan fingerprint density at radius 1 is 1.45 bits per heavy atom. The molecule has 0 N–H and O–H groups in total. The van der Waals surface area contributed by atoms with E-state index >= 15 is 0 Å². The zero-order valence-corrected chi connectivity index (χ0v) is 19.0. The first kappa shape index (κ1) is 23.3. The van der Waals surface area contributed by atoms with E-state index in [1.165, 1.54) is 28.8 Å². The quantitative estimate of drug-likeness (QED) is 0.412. The van der Waals surface area contributed by atoms with E-state index in [9.17, 15) is 17.6 Å². The Kier molecular flexibility index (Phi) is 7.37. The van der Waals surface area contributed by atoms with Gasteiger partial charge in [0.05, 0.1) is 16.8 Å². The molecule has 3 rings (SSSR count). The number of allylic oxidation sites excluding steroid dienone is 1. The lowest BCUT2D eigenvalue weighted by molar-refractivity contribution is -0.130. The van der Waals surface area contributed by atoms with Gasteiger partial charge in [0.2, 0.25) is 5.91 Å². The lowest BCUT2D eigenvalue weighted by Gasteiger charge is -2.26. The van der Waals surface area contributed by atoms with Gasteiger partial charge in [-0.05, 0) is 25.5 Å². The van der Waals surface area contributed by atoms with Gasteiger partial charge in [0.15, 0.2) is 32.4 Å². The molecule has 1 aliphatic heterocycles. The van der Waals surface area contributed by atoms with E-state index in [0.29, 0.717) is 23.9 Å². The summed E-state index contributed by atoms with van der Waals surface area (Å²) in [6, 6.07) is 5.78. The van der Waals surface area contributed by atoms with Crippen LogP contribution in [0.2, 0.25) is 0 Å². The van der Waals surface area contributed by atoms with Gasteiger partial charge in [-0.2, -0.15) is 0 Å². The van der Waals surface area contributed by atoms with Crippen molar-refractivity contribution >= 4 is 27.5 Å². The molecule has 168 valence electrons. The van der Waals surface area contributed by atoms with E-state index < -0.39 is 20.9 Å². The molecule has 1 aromatic carbocycles. The van der Waals surface area contributed by atoms with E-state index in [4.69, 9.17) is 4.74 Å². The number of amides is 1. The van der Waals surface area contributed by atoms with Gasteiger partial charge in [0.25, 0.3) is 0 Å². The number of hydrogen-bond donors (Lipinski definition) is 0. The molecular weight excluding hydrogens is 443 g/mol. The number of halogens is 1. The lowest BCUT2D eigenvalue weighted by Crippen LogP contribution is -2.41. The smallest absolute Gasteiger partial charge is 0.235 e. The van der Waals surface area contributed by atoms with Gasteiger partial charge in [-0.15, -0.1) is 16.8 Å². The number of sulfone groups is 1. The second-order valence-corrected chi connectivity index (χ2v) is 10.8. The summed E-state index contributed by atoms with van der Waals surface area (Å²) in [5.41, 5.74) is 0. The maximum absolute atomic E-state index is 13.8. The van der Waals surface area contributed by atoms with Crippen LogP contribution in [0.3, 0.4) is 0 Å². The fourth-order valence-electron chi connectivity index (χ4n) is 3.29. The first-order chi connectivity index (χ1) is 14.7. The van der Waals surface area contributed by atoms with Crippen LogP contribution in [-0.4, -0.2) is 63.8 Å². The minimum Gasteiger partial charge on any atom is -0.483 e. The molecule has 11 heteroatoms. The molecule has 1 saturated heterocycles. The van der Waals surface area contributed by atoms with Crippen LogP contribution in [0.4, 0.5) is 4.39 Å². The number of carbonyl (C=O) groups is 1. The van der Waals surface area contributed by atoms with Crippen molar-refractivity contribution in [1.29, 1.82) is 0 Å². The number of aromatic nitrogens is 3. The molecule has 0 saturated carbocycles. The molecule has 2 atom stereocenters. The van der Waals surface area contributed by atoms with Crippen LogP contribution < -0.4 is 4.74 Å². The average Bonchev–Trinajstić information content (AvgIpc) is 3.29. The summed E-state index contributed by atoms with van der Waals surface area (Å²) in [7, 11) is -1.45. The molecule has 0 bridgehead atoms. The predicted molar refractivity (Wildman–Crippen MR) is 116 cm³/mol. The van der Waals surface area contributed by atoms with Gasteiger partial charge in [0, 0.05) is 19.6 Å². The van der Waals surface area contributed by atoms with E-state index in [0.717, 1.165) is 0 Å².